The van der Waals surface area contributed by atoms with Crippen molar-refractivity contribution in [3.05, 3.63) is 102 Å². The topological polar surface area (TPSA) is 107 Å². The maximum Gasteiger partial charge on any atom is 0.241 e. The number of benzene rings is 3. The summed E-state index contributed by atoms with van der Waals surface area (Å²) in [6.07, 6.45) is 4.11. The maximum absolute atomic E-state index is 14.6. The molecule has 4 fully saturated rings. The average Bonchev–Trinajstić information content (AvgIpc) is 3.49. The van der Waals surface area contributed by atoms with Crippen LogP contribution in [0.15, 0.2) is 90.5 Å². The maximum atomic E-state index is 14.6. The summed E-state index contributed by atoms with van der Waals surface area (Å²) in [5.41, 5.74) is 1.83. The van der Waals surface area contributed by atoms with Gasteiger partial charge in [-0.1, -0.05) is 60.2 Å². The second-order valence-corrected chi connectivity index (χ2v) is 14.5. The minimum absolute atomic E-state index is 0.00873. The number of rotatable bonds is 6. The molecule has 0 aromatic heterocycles. The lowest BCUT2D eigenvalue weighted by Gasteiger charge is -2.49. The van der Waals surface area contributed by atoms with Crippen molar-refractivity contribution in [1.82, 2.24) is 9.80 Å². The van der Waals surface area contributed by atoms with Gasteiger partial charge in [-0.3, -0.25) is 29.0 Å². The number of hydrogen-bond donors (Lipinski definition) is 1. The van der Waals surface area contributed by atoms with Crippen LogP contribution in [0, 0.1) is 29.1 Å². The number of fused-ring (bicyclic) bond motifs is 4. The van der Waals surface area contributed by atoms with E-state index in [1.807, 2.05) is 37.3 Å². The lowest BCUT2D eigenvalue weighted by molar-refractivity contribution is -0.144. The van der Waals surface area contributed by atoms with Crippen LogP contribution < -0.4 is 9.64 Å². The molecule has 0 spiro atoms. The summed E-state index contributed by atoms with van der Waals surface area (Å²) >= 11 is 0. The van der Waals surface area contributed by atoms with Crippen LogP contribution in [0.1, 0.15) is 49.7 Å². The summed E-state index contributed by atoms with van der Waals surface area (Å²) in [5, 5.41) is 11.3. The van der Waals surface area contributed by atoms with Gasteiger partial charge in [0.25, 0.3) is 0 Å². The highest BCUT2D eigenvalue weighted by Gasteiger charge is 2.68. The van der Waals surface area contributed by atoms with Crippen LogP contribution in [0.3, 0.4) is 0 Å². The van der Waals surface area contributed by atoms with Crippen molar-refractivity contribution in [3.63, 3.8) is 0 Å². The molecule has 6 unspecified atom stereocenters. The van der Waals surface area contributed by atoms with E-state index in [0.29, 0.717) is 36.3 Å². The highest BCUT2D eigenvalue weighted by molar-refractivity contribution is 6.24. The van der Waals surface area contributed by atoms with Crippen LogP contribution >= 0.6 is 0 Å². The van der Waals surface area contributed by atoms with Crippen LogP contribution in [0.2, 0.25) is 0 Å². The first kappa shape index (κ1) is 31.5. The molecule has 1 N–H and O–H groups in total. The van der Waals surface area contributed by atoms with Crippen LogP contribution in [-0.4, -0.2) is 64.8 Å². The zero-order valence-electron chi connectivity index (χ0n) is 27.8. The van der Waals surface area contributed by atoms with Gasteiger partial charge in [0, 0.05) is 37.2 Å². The van der Waals surface area contributed by atoms with E-state index in [2.05, 4.69) is 17.0 Å². The number of phenolic OH excluding ortho intramolecular Hbond substituents is 1. The van der Waals surface area contributed by atoms with Gasteiger partial charge in [-0.2, -0.15) is 0 Å². The summed E-state index contributed by atoms with van der Waals surface area (Å²) in [7, 11) is 1.54. The van der Waals surface area contributed by atoms with Gasteiger partial charge < -0.3 is 9.84 Å². The number of ether oxygens (including phenoxy) is 1. The van der Waals surface area contributed by atoms with Gasteiger partial charge >= 0.3 is 0 Å². The highest BCUT2D eigenvalue weighted by atomic mass is 16.5. The first-order valence-electron chi connectivity index (χ1n) is 17.4. The third-order valence-corrected chi connectivity index (χ3v) is 12.0. The van der Waals surface area contributed by atoms with Crippen molar-refractivity contribution >= 4 is 29.3 Å². The Labute approximate surface area is 286 Å². The van der Waals surface area contributed by atoms with Gasteiger partial charge in [0.05, 0.1) is 36.0 Å². The van der Waals surface area contributed by atoms with Crippen LogP contribution in [-0.2, 0) is 25.7 Å². The standard InChI is InChI=1S/C40H41N3O6/c1-40-32(37(46)43(39(40)48)25-11-7-4-8-12-25)22-30-28(35(40)31-21-27(49-2)13-16-33(31)44)14-15-29-34(30)38(47)42(36(29)45)26-17-19-41(20-18-26)23-24-9-5-3-6-10-24/h3-14,16,21,26,29-30,32,34-35,44H,15,17-20,22-23H2,1-2H3. The fraction of sp³-hybridized carbons (Fsp3) is 0.400. The zero-order chi connectivity index (χ0) is 34.0. The van der Waals surface area contributed by atoms with E-state index in [9.17, 15) is 24.3 Å². The molecule has 3 aromatic rings. The van der Waals surface area contributed by atoms with Crippen molar-refractivity contribution in [3.8, 4) is 11.5 Å². The minimum Gasteiger partial charge on any atom is -0.508 e. The number of carbonyl (C=O) groups excluding carboxylic acids is 4. The summed E-state index contributed by atoms with van der Waals surface area (Å²) in [6.45, 7) is 4.25. The number of methoxy groups -OCH3 is 1. The molecule has 0 bridgehead atoms. The molecule has 5 aliphatic rings. The number of carbonyl (C=O) groups is 4. The molecule has 49 heavy (non-hydrogen) atoms. The third-order valence-electron chi connectivity index (χ3n) is 12.0. The number of piperidine rings is 1. The Bertz CT molecular complexity index is 1850. The van der Waals surface area contributed by atoms with Gasteiger partial charge in [0.2, 0.25) is 23.6 Å². The Kier molecular flexibility index (Phi) is 7.70. The second-order valence-electron chi connectivity index (χ2n) is 14.5. The Hall–Kier alpha value is -4.76. The molecular formula is C40H41N3O6. The predicted octanol–water partition coefficient (Wildman–Crippen LogP) is 5.30. The van der Waals surface area contributed by atoms with Crippen molar-refractivity contribution in [2.24, 2.45) is 29.1 Å². The molecule has 252 valence electrons. The monoisotopic (exact) mass is 659 g/mol. The average molecular weight is 660 g/mol. The number of hydrogen-bond acceptors (Lipinski definition) is 7. The van der Waals surface area contributed by atoms with Gasteiger partial charge in [0.1, 0.15) is 11.5 Å². The molecule has 9 nitrogen and oxygen atoms in total. The molecule has 4 amide bonds. The Morgan fingerprint density at radius 3 is 2.24 bits per heavy atom. The van der Waals surface area contributed by atoms with Crippen molar-refractivity contribution in [1.29, 1.82) is 0 Å². The van der Waals surface area contributed by atoms with E-state index < -0.39 is 35.0 Å². The molecular weight excluding hydrogens is 618 g/mol. The van der Waals surface area contributed by atoms with E-state index in [-0.39, 0.29) is 41.8 Å². The summed E-state index contributed by atoms with van der Waals surface area (Å²) < 4.78 is 5.54. The number of imide groups is 2. The van der Waals surface area contributed by atoms with E-state index in [1.54, 1.807) is 54.5 Å². The fourth-order valence-corrected chi connectivity index (χ4v) is 9.63. The number of likely N-dealkylation sites (tertiary alicyclic amines) is 2. The van der Waals surface area contributed by atoms with Crippen LogP contribution in [0.25, 0.3) is 0 Å². The third kappa shape index (κ3) is 4.84. The van der Waals surface area contributed by atoms with Gasteiger partial charge in [-0.05, 0) is 74.4 Å². The zero-order valence-corrected chi connectivity index (χ0v) is 27.8. The van der Waals surface area contributed by atoms with Gasteiger partial charge in [0.15, 0.2) is 0 Å². The van der Waals surface area contributed by atoms with Crippen LogP contribution in [0.5, 0.6) is 11.5 Å². The Morgan fingerprint density at radius 1 is 0.857 bits per heavy atom. The Balaban J connectivity index is 1.14. The number of phenols is 1. The Morgan fingerprint density at radius 2 is 1.55 bits per heavy atom. The normalized spacial score (nSPS) is 30.2. The predicted molar refractivity (Wildman–Crippen MR) is 182 cm³/mol. The van der Waals surface area contributed by atoms with Crippen molar-refractivity contribution in [2.75, 3.05) is 25.1 Å². The SMILES string of the molecule is COc1ccc(O)c(C2C3=CCC4C(=O)N(C5CCN(Cc6ccccc6)CC5)C(=O)C4C3CC3C(=O)N(c4ccccc4)C(=O)C32C)c1. The van der Waals surface area contributed by atoms with E-state index in [0.717, 1.165) is 25.2 Å². The smallest absolute Gasteiger partial charge is 0.241 e. The van der Waals surface area contributed by atoms with E-state index >= 15 is 0 Å². The second kappa shape index (κ2) is 12.0. The van der Waals surface area contributed by atoms with Gasteiger partial charge in [-0.25, -0.2) is 4.90 Å². The summed E-state index contributed by atoms with van der Waals surface area (Å²) in [5.74, 6) is -3.45. The molecule has 6 atom stereocenters. The fourth-order valence-electron chi connectivity index (χ4n) is 9.63. The molecule has 3 aliphatic heterocycles. The summed E-state index contributed by atoms with van der Waals surface area (Å²) in [6, 6.07) is 24.0. The summed E-state index contributed by atoms with van der Waals surface area (Å²) in [4.78, 5) is 62.8. The quantitative estimate of drug-likeness (QED) is 0.283. The number of anilines is 1. The molecule has 3 aromatic carbocycles. The highest BCUT2D eigenvalue weighted by Crippen LogP contribution is 2.64. The molecule has 8 rings (SSSR count). The minimum atomic E-state index is -1.23. The number of amides is 4. The number of para-hydroxylation sites is 1. The van der Waals surface area contributed by atoms with E-state index in [4.69, 9.17) is 4.74 Å². The molecule has 0 radical (unpaired) electrons. The molecule has 3 saturated heterocycles. The van der Waals surface area contributed by atoms with Gasteiger partial charge in [-0.15, -0.1) is 0 Å². The van der Waals surface area contributed by atoms with Crippen molar-refractivity contribution < 1.29 is 29.0 Å². The molecule has 3 heterocycles. The first-order chi connectivity index (χ1) is 23.7. The lowest BCUT2D eigenvalue weighted by atomic mass is 9.51. The molecule has 1 saturated carbocycles. The first-order valence-corrected chi connectivity index (χ1v) is 17.4. The largest absolute Gasteiger partial charge is 0.508 e. The molecule has 2 aliphatic carbocycles. The number of aromatic hydroxyl groups is 1. The lowest BCUT2D eigenvalue weighted by Crippen LogP contribution is -2.49. The number of nitrogens with zero attached hydrogens (tertiary/aromatic N) is 3. The van der Waals surface area contributed by atoms with Crippen LogP contribution in [0.4, 0.5) is 5.69 Å². The number of allylic oxidation sites excluding steroid dienone is 2. The molecule has 9 heteroatoms. The van der Waals surface area contributed by atoms with E-state index in [1.165, 1.54) is 10.5 Å². The van der Waals surface area contributed by atoms with Crippen molar-refractivity contribution in [2.45, 2.75) is 51.1 Å².